The second kappa shape index (κ2) is 5.91. The summed E-state index contributed by atoms with van der Waals surface area (Å²) in [7, 11) is 0. The van der Waals surface area contributed by atoms with Crippen molar-refractivity contribution in [3.05, 3.63) is 46.6 Å². The normalized spacial score (nSPS) is 20.2. The Morgan fingerprint density at radius 2 is 2.35 bits per heavy atom. The molecule has 106 valence electrons. The number of ether oxygens (including phenoxy) is 1. The molecule has 1 aliphatic heterocycles. The Hall–Kier alpha value is -1.43. The van der Waals surface area contributed by atoms with E-state index in [1.54, 1.807) is 6.92 Å². The quantitative estimate of drug-likeness (QED) is 0.870. The molecule has 1 aromatic heterocycles. The number of morpholine rings is 1. The molecule has 6 heteroatoms. The minimum Gasteiger partial charge on any atom is -0.367 e. The van der Waals surface area contributed by atoms with E-state index in [9.17, 15) is 0 Å². The van der Waals surface area contributed by atoms with Crippen molar-refractivity contribution in [2.75, 3.05) is 19.7 Å². The molecule has 20 heavy (non-hydrogen) atoms. The van der Waals surface area contributed by atoms with Crippen LogP contribution in [0.5, 0.6) is 0 Å². The van der Waals surface area contributed by atoms with Gasteiger partial charge in [-0.2, -0.15) is 4.98 Å². The van der Waals surface area contributed by atoms with E-state index in [4.69, 9.17) is 20.9 Å². The predicted octanol–water partition coefficient (Wildman–Crippen LogP) is 2.60. The summed E-state index contributed by atoms with van der Waals surface area (Å²) in [6.07, 6.45) is -0.125. The van der Waals surface area contributed by atoms with Gasteiger partial charge < -0.3 is 9.26 Å². The van der Waals surface area contributed by atoms with E-state index >= 15 is 0 Å². The Kier molecular flexibility index (Phi) is 4.00. The molecule has 1 aliphatic rings. The van der Waals surface area contributed by atoms with Crippen LogP contribution in [-0.2, 0) is 11.3 Å². The summed E-state index contributed by atoms with van der Waals surface area (Å²) < 4.78 is 10.7. The lowest BCUT2D eigenvalue weighted by Crippen LogP contribution is -2.38. The second-order valence-electron chi connectivity index (χ2n) is 4.90. The second-order valence-corrected chi connectivity index (χ2v) is 5.33. The maximum Gasteiger partial charge on any atom is 0.223 e. The number of nitrogens with zero attached hydrogens (tertiary/aromatic N) is 3. The first-order chi connectivity index (χ1) is 9.70. The summed E-state index contributed by atoms with van der Waals surface area (Å²) in [5, 5.41) is 4.70. The molecule has 1 aromatic carbocycles. The Labute approximate surface area is 122 Å². The van der Waals surface area contributed by atoms with Crippen LogP contribution in [0.2, 0.25) is 5.02 Å². The van der Waals surface area contributed by atoms with Gasteiger partial charge in [-0.25, -0.2) is 0 Å². The van der Waals surface area contributed by atoms with E-state index in [0.29, 0.717) is 18.3 Å². The van der Waals surface area contributed by atoms with Gasteiger partial charge in [0.2, 0.25) is 11.7 Å². The molecule has 2 aromatic rings. The molecule has 1 atom stereocenters. The first-order valence-electron chi connectivity index (χ1n) is 6.59. The molecule has 3 rings (SSSR count). The average Bonchev–Trinajstić information content (AvgIpc) is 2.86. The van der Waals surface area contributed by atoms with Crippen molar-refractivity contribution in [3.63, 3.8) is 0 Å². The van der Waals surface area contributed by atoms with Crippen molar-refractivity contribution in [1.82, 2.24) is 15.0 Å². The monoisotopic (exact) mass is 293 g/mol. The van der Waals surface area contributed by atoms with Gasteiger partial charge in [0.15, 0.2) is 0 Å². The minimum absolute atomic E-state index is 0.125. The van der Waals surface area contributed by atoms with Crippen LogP contribution in [-0.4, -0.2) is 34.7 Å². The first kappa shape index (κ1) is 13.5. The molecule has 2 heterocycles. The summed E-state index contributed by atoms with van der Waals surface area (Å²) in [5.74, 6) is 1.19. The van der Waals surface area contributed by atoms with Crippen molar-refractivity contribution in [1.29, 1.82) is 0 Å². The van der Waals surface area contributed by atoms with Crippen molar-refractivity contribution in [3.8, 4) is 0 Å². The molecule has 0 N–H and O–H groups in total. The molecule has 0 aliphatic carbocycles. The van der Waals surface area contributed by atoms with E-state index in [1.807, 2.05) is 18.2 Å². The van der Waals surface area contributed by atoms with Gasteiger partial charge in [0.25, 0.3) is 0 Å². The lowest BCUT2D eigenvalue weighted by molar-refractivity contribution is -0.0380. The number of aryl methyl sites for hydroxylation is 1. The smallest absolute Gasteiger partial charge is 0.223 e. The number of halogens is 1. The molecule has 0 saturated carbocycles. The molecule has 1 fully saturated rings. The third kappa shape index (κ3) is 3.17. The molecule has 0 bridgehead atoms. The van der Waals surface area contributed by atoms with Gasteiger partial charge in [-0.15, -0.1) is 0 Å². The van der Waals surface area contributed by atoms with E-state index in [-0.39, 0.29) is 6.10 Å². The zero-order chi connectivity index (χ0) is 13.9. The largest absolute Gasteiger partial charge is 0.367 e. The van der Waals surface area contributed by atoms with Gasteiger partial charge >= 0.3 is 0 Å². The summed E-state index contributed by atoms with van der Waals surface area (Å²) in [5.41, 5.74) is 1.20. The highest BCUT2D eigenvalue weighted by atomic mass is 35.5. The van der Waals surface area contributed by atoms with Crippen molar-refractivity contribution < 1.29 is 9.26 Å². The predicted molar refractivity (Wildman–Crippen MR) is 74.5 cm³/mol. The lowest BCUT2D eigenvalue weighted by Gasteiger charge is -2.31. The molecular formula is C14H16ClN3O2. The fourth-order valence-corrected chi connectivity index (χ4v) is 2.55. The van der Waals surface area contributed by atoms with Gasteiger partial charge in [-0.05, 0) is 17.7 Å². The van der Waals surface area contributed by atoms with E-state index in [2.05, 4.69) is 21.1 Å². The number of hydrogen-bond donors (Lipinski definition) is 0. The van der Waals surface area contributed by atoms with Gasteiger partial charge in [0.05, 0.1) is 6.61 Å². The Morgan fingerprint density at radius 3 is 3.10 bits per heavy atom. The number of benzene rings is 1. The Bertz CT molecular complexity index is 587. The van der Waals surface area contributed by atoms with E-state index < -0.39 is 0 Å². The van der Waals surface area contributed by atoms with Crippen LogP contribution >= 0.6 is 11.6 Å². The molecule has 1 saturated heterocycles. The third-order valence-corrected chi connectivity index (χ3v) is 3.51. The van der Waals surface area contributed by atoms with Crippen LogP contribution in [0.3, 0.4) is 0 Å². The lowest BCUT2D eigenvalue weighted by atomic mass is 10.2. The third-order valence-electron chi connectivity index (χ3n) is 3.28. The highest BCUT2D eigenvalue weighted by Gasteiger charge is 2.25. The van der Waals surface area contributed by atoms with E-state index in [0.717, 1.165) is 24.7 Å². The van der Waals surface area contributed by atoms with Crippen LogP contribution < -0.4 is 0 Å². The summed E-state index contributed by atoms with van der Waals surface area (Å²) in [4.78, 5) is 6.55. The van der Waals surface area contributed by atoms with Crippen LogP contribution in [0.4, 0.5) is 0 Å². The van der Waals surface area contributed by atoms with Gasteiger partial charge in [-0.3, -0.25) is 4.90 Å². The average molecular weight is 294 g/mol. The summed E-state index contributed by atoms with van der Waals surface area (Å²) in [6.45, 7) is 4.93. The van der Waals surface area contributed by atoms with Crippen LogP contribution in [0.1, 0.15) is 23.4 Å². The molecule has 0 radical (unpaired) electrons. The Balaban J connectivity index is 1.66. The van der Waals surface area contributed by atoms with Crippen molar-refractivity contribution in [2.45, 2.75) is 19.6 Å². The first-order valence-corrected chi connectivity index (χ1v) is 6.97. The molecule has 0 unspecified atom stereocenters. The maximum atomic E-state index is 6.01. The molecular weight excluding hydrogens is 278 g/mol. The number of rotatable bonds is 3. The highest BCUT2D eigenvalue weighted by molar-refractivity contribution is 6.30. The van der Waals surface area contributed by atoms with Crippen molar-refractivity contribution >= 4 is 11.6 Å². The zero-order valence-electron chi connectivity index (χ0n) is 11.3. The Morgan fingerprint density at radius 1 is 1.45 bits per heavy atom. The fourth-order valence-electron chi connectivity index (χ4n) is 2.34. The van der Waals surface area contributed by atoms with Crippen LogP contribution in [0.25, 0.3) is 0 Å². The van der Waals surface area contributed by atoms with Crippen LogP contribution in [0, 0.1) is 6.92 Å². The SMILES string of the molecule is Cc1nc([C@H]2CN(Cc3cccc(Cl)c3)CCO2)no1. The zero-order valence-corrected chi connectivity index (χ0v) is 12.0. The number of hydrogen-bond acceptors (Lipinski definition) is 5. The topological polar surface area (TPSA) is 51.4 Å². The molecule has 0 amide bonds. The standard InChI is InChI=1S/C14H16ClN3O2/c1-10-16-14(17-20-10)13-9-18(5-6-19-13)8-11-3-2-4-12(15)7-11/h2-4,7,13H,5-6,8-9H2,1H3/t13-/m1/s1. The summed E-state index contributed by atoms with van der Waals surface area (Å²) in [6, 6.07) is 7.92. The maximum absolute atomic E-state index is 6.01. The molecule has 5 nitrogen and oxygen atoms in total. The highest BCUT2D eigenvalue weighted by Crippen LogP contribution is 2.21. The van der Waals surface area contributed by atoms with Gasteiger partial charge in [-0.1, -0.05) is 28.9 Å². The summed E-state index contributed by atoms with van der Waals surface area (Å²) >= 11 is 6.01. The van der Waals surface area contributed by atoms with Crippen LogP contribution in [0.15, 0.2) is 28.8 Å². The fraction of sp³-hybridized carbons (Fsp3) is 0.429. The van der Waals surface area contributed by atoms with Crippen molar-refractivity contribution in [2.24, 2.45) is 0 Å². The minimum atomic E-state index is -0.125. The number of aromatic nitrogens is 2. The van der Waals surface area contributed by atoms with Gasteiger partial charge in [0.1, 0.15) is 6.10 Å². The molecule has 0 spiro atoms. The van der Waals surface area contributed by atoms with Gasteiger partial charge in [0, 0.05) is 31.6 Å². The van der Waals surface area contributed by atoms with E-state index in [1.165, 1.54) is 5.56 Å².